The van der Waals surface area contributed by atoms with Gasteiger partial charge in [0.25, 0.3) is 0 Å². The molecule has 0 N–H and O–H groups in total. The Morgan fingerprint density at radius 3 is 2.65 bits per heavy atom. The average Bonchev–Trinajstić information content (AvgIpc) is 3.15. The van der Waals surface area contributed by atoms with Gasteiger partial charge in [0.2, 0.25) is 17.4 Å². The SMILES string of the molecule is O=C(OCC(=O)c1ccc(CC(=O)N2CCOCC2)s1)C1=COCCO1. The van der Waals surface area contributed by atoms with Crippen LogP contribution >= 0.6 is 11.3 Å². The quantitative estimate of drug-likeness (QED) is 0.531. The number of hydrogen-bond acceptors (Lipinski definition) is 8. The summed E-state index contributed by atoms with van der Waals surface area (Å²) in [6.07, 6.45) is 1.42. The summed E-state index contributed by atoms with van der Waals surface area (Å²) >= 11 is 1.23. The molecule has 0 spiro atoms. The maximum Gasteiger partial charge on any atom is 0.377 e. The van der Waals surface area contributed by atoms with Gasteiger partial charge in [-0.25, -0.2) is 4.79 Å². The van der Waals surface area contributed by atoms with Gasteiger partial charge in [-0.1, -0.05) is 0 Å². The van der Waals surface area contributed by atoms with Crippen LogP contribution in [0.5, 0.6) is 0 Å². The Hall–Kier alpha value is -2.39. The Morgan fingerprint density at radius 2 is 1.92 bits per heavy atom. The van der Waals surface area contributed by atoms with Crippen molar-refractivity contribution in [2.45, 2.75) is 6.42 Å². The average molecular weight is 381 g/mol. The second-order valence-electron chi connectivity index (χ2n) is 5.64. The molecule has 0 saturated carbocycles. The van der Waals surface area contributed by atoms with Gasteiger partial charge in [-0.15, -0.1) is 11.3 Å². The van der Waals surface area contributed by atoms with E-state index in [2.05, 4.69) is 0 Å². The van der Waals surface area contributed by atoms with E-state index in [1.807, 2.05) is 0 Å². The lowest BCUT2D eigenvalue weighted by molar-refractivity contribution is -0.143. The number of ketones is 1. The van der Waals surface area contributed by atoms with E-state index in [1.165, 1.54) is 17.6 Å². The van der Waals surface area contributed by atoms with Crippen molar-refractivity contribution in [1.82, 2.24) is 4.90 Å². The highest BCUT2D eigenvalue weighted by Gasteiger charge is 2.21. The fraction of sp³-hybridized carbons (Fsp3) is 0.471. The first-order valence-corrected chi connectivity index (χ1v) is 9.04. The lowest BCUT2D eigenvalue weighted by Crippen LogP contribution is -2.41. The zero-order valence-electron chi connectivity index (χ0n) is 14.1. The number of hydrogen-bond donors (Lipinski definition) is 0. The molecule has 0 unspecified atom stereocenters. The van der Waals surface area contributed by atoms with Crippen LogP contribution in [0.25, 0.3) is 0 Å². The zero-order valence-corrected chi connectivity index (χ0v) is 14.9. The first-order chi connectivity index (χ1) is 12.6. The summed E-state index contributed by atoms with van der Waals surface area (Å²) in [5.41, 5.74) is 0. The summed E-state index contributed by atoms with van der Waals surface area (Å²) < 4.78 is 20.2. The molecule has 0 atom stereocenters. The fourth-order valence-electron chi connectivity index (χ4n) is 2.45. The van der Waals surface area contributed by atoms with Crippen LogP contribution in [0.4, 0.5) is 0 Å². The van der Waals surface area contributed by atoms with Crippen molar-refractivity contribution >= 4 is 29.0 Å². The number of rotatable bonds is 6. The molecule has 0 aromatic carbocycles. The second-order valence-corrected chi connectivity index (χ2v) is 6.80. The molecular formula is C17H19NO7S. The van der Waals surface area contributed by atoms with Gasteiger partial charge in [-0.05, 0) is 12.1 Å². The highest BCUT2D eigenvalue weighted by Crippen LogP contribution is 2.19. The van der Waals surface area contributed by atoms with Crippen LogP contribution in [0.2, 0.25) is 0 Å². The van der Waals surface area contributed by atoms with Crippen LogP contribution in [0.3, 0.4) is 0 Å². The Labute approximate surface area is 154 Å². The van der Waals surface area contributed by atoms with E-state index in [-0.39, 0.29) is 30.5 Å². The first kappa shape index (κ1) is 18.4. The third kappa shape index (κ3) is 4.83. The van der Waals surface area contributed by atoms with E-state index in [0.29, 0.717) is 37.8 Å². The molecular weight excluding hydrogens is 362 g/mol. The van der Waals surface area contributed by atoms with Crippen LogP contribution in [-0.4, -0.2) is 68.7 Å². The van der Waals surface area contributed by atoms with E-state index >= 15 is 0 Å². The molecule has 1 saturated heterocycles. The Morgan fingerprint density at radius 1 is 1.12 bits per heavy atom. The number of carbonyl (C=O) groups excluding carboxylic acids is 3. The minimum atomic E-state index is -0.739. The molecule has 9 heteroatoms. The molecule has 8 nitrogen and oxygen atoms in total. The summed E-state index contributed by atoms with van der Waals surface area (Å²) in [5.74, 6) is -1.10. The third-order valence-electron chi connectivity index (χ3n) is 3.81. The van der Waals surface area contributed by atoms with Gasteiger partial charge in [0.05, 0.1) is 24.5 Å². The number of nitrogens with zero attached hydrogens (tertiary/aromatic N) is 1. The third-order valence-corrected chi connectivity index (χ3v) is 4.94. The second kappa shape index (κ2) is 8.81. The predicted octanol–water partition coefficient (Wildman–Crippen LogP) is 0.763. The molecule has 1 fully saturated rings. The molecule has 140 valence electrons. The van der Waals surface area contributed by atoms with Gasteiger partial charge in [0.1, 0.15) is 19.5 Å². The molecule has 1 aromatic rings. The van der Waals surface area contributed by atoms with Crippen LogP contribution in [0, 0.1) is 0 Å². The summed E-state index contributed by atoms with van der Waals surface area (Å²) in [4.78, 5) is 39.1. The van der Waals surface area contributed by atoms with Crippen LogP contribution in [-0.2, 0) is 35.0 Å². The number of morpholine rings is 1. The normalized spacial score (nSPS) is 16.9. The zero-order chi connectivity index (χ0) is 18.4. The summed E-state index contributed by atoms with van der Waals surface area (Å²) in [6.45, 7) is 2.53. The minimum absolute atomic E-state index is 0.0157. The molecule has 26 heavy (non-hydrogen) atoms. The van der Waals surface area contributed by atoms with E-state index in [4.69, 9.17) is 18.9 Å². The van der Waals surface area contributed by atoms with Crippen molar-refractivity contribution in [3.63, 3.8) is 0 Å². The maximum absolute atomic E-state index is 12.2. The highest BCUT2D eigenvalue weighted by molar-refractivity contribution is 7.14. The number of thiophene rings is 1. The van der Waals surface area contributed by atoms with Gasteiger partial charge in [-0.3, -0.25) is 9.59 Å². The molecule has 2 aliphatic heterocycles. The lowest BCUT2D eigenvalue weighted by Gasteiger charge is -2.26. The van der Waals surface area contributed by atoms with Crippen molar-refractivity contribution in [2.75, 3.05) is 46.1 Å². The summed E-state index contributed by atoms with van der Waals surface area (Å²) in [5, 5.41) is 0. The van der Waals surface area contributed by atoms with Crippen LogP contribution in [0.15, 0.2) is 24.2 Å². The maximum atomic E-state index is 12.2. The fourth-order valence-corrected chi connectivity index (χ4v) is 3.37. The number of Topliss-reactive ketones (excluding diaryl/α,β-unsaturated/α-hetero) is 1. The Kier molecular flexibility index (Phi) is 6.24. The van der Waals surface area contributed by atoms with Crippen LogP contribution < -0.4 is 0 Å². The number of ether oxygens (including phenoxy) is 4. The highest BCUT2D eigenvalue weighted by atomic mass is 32.1. The van der Waals surface area contributed by atoms with E-state index in [1.54, 1.807) is 17.0 Å². The Balaban J connectivity index is 1.48. The van der Waals surface area contributed by atoms with Gasteiger partial charge in [-0.2, -0.15) is 0 Å². The molecule has 1 aromatic heterocycles. The summed E-state index contributed by atoms with van der Waals surface area (Å²) in [7, 11) is 0. The van der Waals surface area contributed by atoms with Crippen LogP contribution in [0.1, 0.15) is 14.5 Å². The van der Waals surface area contributed by atoms with Crippen molar-refractivity contribution in [3.05, 3.63) is 33.9 Å². The van der Waals surface area contributed by atoms with E-state index in [9.17, 15) is 14.4 Å². The van der Waals surface area contributed by atoms with E-state index < -0.39 is 12.6 Å². The lowest BCUT2D eigenvalue weighted by atomic mass is 10.2. The van der Waals surface area contributed by atoms with Gasteiger partial charge in [0, 0.05) is 18.0 Å². The molecule has 1 amide bonds. The van der Waals surface area contributed by atoms with Crippen molar-refractivity contribution in [2.24, 2.45) is 0 Å². The van der Waals surface area contributed by atoms with Gasteiger partial charge < -0.3 is 23.8 Å². The van der Waals surface area contributed by atoms with Crippen molar-refractivity contribution < 1.29 is 33.3 Å². The molecule has 0 radical (unpaired) electrons. The Bertz CT molecular complexity index is 706. The van der Waals surface area contributed by atoms with Gasteiger partial charge in [0.15, 0.2) is 6.61 Å². The standard InChI is InChI=1S/C17H19NO7S/c19-13(10-25-17(21)14-11-23-7-8-24-14)15-2-1-12(26-15)9-16(20)18-3-5-22-6-4-18/h1-2,11H,3-10H2. The minimum Gasteiger partial charge on any atom is -0.493 e. The smallest absolute Gasteiger partial charge is 0.377 e. The van der Waals surface area contributed by atoms with Gasteiger partial charge >= 0.3 is 5.97 Å². The first-order valence-electron chi connectivity index (χ1n) is 8.22. The molecule has 0 bridgehead atoms. The van der Waals surface area contributed by atoms with E-state index in [0.717, 1.165) is 4.88 Å². The number of esters is 1. The topological polar surface area (TPSA) is 91.4 Å². The molecule has 2 aliphatic rings. The molecule has 3 rings (SSSR count). The predicted molar refractivity (Wildman–Crippen MR) is 90.7 cm³/mol. The number of amides is 1. The number of carbonyl (C=O) groups is 3. The molecule has 3 heterocycles. The van der Waals surface area contributed by atoms with Crippen molar-refractivity contribution in [1.29, 1.82) is 0 Å². The monoisotopic (exact) mass is 381 g/mol. The largest absolute Gasteiger partial charge is 0.493 e. The molecule has 0 aliphatic carbocycles. The van der Waals surface area contributed by atoms with Crippen molar-refractivity contribution in [3.8, 4) is 0 Å². The summed E-state index contributed by atoms with van der Waals surface area (Å²) in [6, 6.07) is 3.39.